The molecule has 0 atom stereocenters. The molecule has 0 unspecified atom stereocenters. The molecule has 2 amide bonds. The van der Waals surface area contributed by atoms with Crippen LogP contribution in [0.25, 0.3) is 0 Å². The molecule has 1 aliphatic carbocycles. The third-order valence-electron chi connectivity index (χ3n) is 3.38. The zero-order chi connectivity index (χ0) is 12.0. The molecule has 0 spiro atoms. The average molecular weight is 228 g/mol. The van der Waals surface area contributed by atoms with Crippen molar-refractivity contribution in [2.24, 2.45) is 5.92 Å². The molecule has 0 heterocycles. The van der Waals surface area contributed by atoms with Gasteiger partial charge in [0.1, 0.15) is 0 Å². The second-order valence-electron chi connectivity index (χ2n) is 5.12. The fourth-order valence-corrected chi connectivity index (χ4v) is 2.11. The van der Waals surface area contributed by atoms with Crippen LogP contribution in [-0.4, -0.2) is 31.8 Å². The maximum absolute atomic E-state index is 11.6. The molecule has 94 valence electrons. The standard InChI is InChI=1S/C12H24N2O2/c1-10-4-6-12(2,7-5-10)14-11(15)13-8-9-16-3/h10H,4-9H2,1-3H3,(H2,13,14,15). The number of rotatable bonds is 4. The van der Waals surface area contributed by atoms with Gasteiger partial charge in [-0.2, -0.15) is 0 Å². The van der Waals surface area contributed by atoms with Crippen molar-refractivity contribution >= 4 is 6.03 Å². The van der Waals surface area contributed by atoms with Crippen LogP contribution in [0.1, 0.15) is 39.5 Å². The highest BCUT2D eigenvalue weighted by Gasteiger charge is 2.30. The first-order chi connectivity index (χ1) is 7.56. The van der Waals surface area contributed by atoms with Gasteiger partial charge < -0.3 is 15.4 Å². The Labute approximate surface area is 98.1 Å². The summed E-state index contributed by atoms with van der Waals surface area (Å²) >= 11 is 0. The number of nitrogens with one attached hydrogen (secondary N) is 2. The van der Waals surface area contributed by atoms with Gasteiger partial charge in [-0.05, 0) is 38.5 Å². The molecule has 0 aromatic heterocycles. The summed E-state index contributed by atoms with van der Waals surface area (Å²) in [5.41, 5.74) is -0.0241. The van der Waals surface area contributed by atoms with Gasteiger partial charge in [-0.25, -0.2) is 4.79 Å². The van der Waals surface area contributed by atoms with E-state index in [-0.39, 0.29) is 11.6 Å². The molecule has 0 aromatic carbocycles. The highest BCUT2D eigenvalue weighted by Crippen LogP contribution is 2.31. The number of methoxy groups -OCH3 is 1. The van der Waals surface area contributed by atoms with Gasteiger partial charge in [-0.1, -0.05) is 6.92 Å². The summed E-state index contributed by atoms with van der Waals surface area (Å²) < 4.78 is 4.88. The summed E-state index contributed by atoms with van der Waals surface area (Å²) in [6.45, 7) is 5.53. The van der Waals surface area contributed by atoms with E-state index in [0.29, 0.717) is 13.2 Å². The lowest BCUT2D eigenvalue weighted by molar-refractivity contribution is 0.182. The van der Waals surface area contributed by atoms with Gasteiger partial charge in [0.05, 0.1) is 6.61 Å². The molecule has 0 bridgehead atoms. The first-order valence-corrected chi connectivity index (χ1v) is 6.11. The number of hydrogen-bond donors (Lipinski definition) is 2. The van der Waals surface area contributed by atoms with Crippen LogP contribution in [0.4, 0.5) is 4.79 Å². The van der Waals surface area contributed by atoms with E-state index in [4.69, 9.17) is 4.74 Å². The number of ether oxygens (including phenoxy) is 1. The number of urea groups is 1. The first kappa shape index (κ1) is 13.3. The summed E-state index contributed by atoms with van der Waals surface area (Å²) in [4.78, 5) is 11.6. The van der Waals surface area contributed by atoms with Crippen LogP contribution in [0, 0.1) is 5.92 Å². The Morgan fingerprint density at radius 3 is 2.62 bits per heavy atom. The van der Waals surface area contributed by atoms with E-state index in [1.807, 2.05) is 0 Å². The fourth-order valence-electron chi connectivity index (χ4n) is 2.11. The molecule has 0 radical (unpaired) electrons. The molecule has 16 heavy (non-hydrogen) atoms. The largest absolute Gasteiger partial charge is 0.383 e. The molecule has 1 fully saturated rings. The topological polar surface area (TPSA) is 50.4 Å². The molecule has 1 rings (SSSR count). The van der Waals surface area contributed by atoms with E-state index in [2.05, 4.69) is 24.5 Å². The lowest BCUT2D eigenvalue weighted by Crippen LogP contribution is -2.52. The van der Waals surface area contributed by atoms with Gasteiger partial charge in [-0.3, -0.25) is 0 Å². The lowest BCUT2D eigenvalue weighted by Gasteiger charge is -2.37. The van der Waals surface area contributed by atoms with Gasteiger partial charge in [0.2, 0.25) is 0 Å². The predicted octanol–water partition coefficient (Wildman–Crippen LogP) is 1.90. The van der Waals surface area contributed by atoms with E-state index in [0.717, 1.165) is 18.8 Å². The summed E-state index contributed by atoms with van der Waals surface area (Å²) in [6, 6.07) is -0.0749. The molecule has 4 nitrogen and oxygen atoms in total. The predicted molar refractivity (Wildman–Crippen MR) is 64.4 cm³/mol. The minimum atomic E-state index is -0.0749. The second kappa shape index (κ2) is 6.09. The lowest BCUT2D eigenvalue weighted by atomic mass is 9.78. The van der Waals surface area contributed by atoms with E-state index in [1.54, 1.807) is 7.11 Å². The van der Waals surface area contributed by atoms with E-state index < -0.39 is 0 Å². The second-order valence-corrected chi connectivity index (χ2v) is 5.12. The van der Waals surface area contributed by atoms with Gasteiger partial charge in [0.25, 0.3) is 0 Å². The molecule has 0 aromatic rings. The van der Waals surface area contributed by atoms with Crippen molar-refractivity contribution in [1.29, 1.82) is 0 Å². The number of hydrogen-bond acceptors (Lipinski definition) is 2. The van der Waals surface area contributed by atoms with E-state index in [9.17, 15) is 4.79 Å². The van der Waals surface area contributed by atoms with Crippen molar-refractivity contribution in [2.45, 2.75) is 45.1 Å². The van der Waals surface area contributed by atoms with Crippen LogP contribution in [0.15, 0.2) is 0 Å². The van der Waals surface area contributed by atoms with Crippen molar-refractivity contribution < 1.29 is 9.53 Å². The summed E-state index contributed by atoms with van der Waals surface area (Å²) in [5, 5.41) is 5.86. The van der Waals surface area contributed by atoms with E-state index >= 15 is 0 Å². The quantitative estimate of drug-likeness (QED) is 0.722. The maximum Gasteiger partial charge on any atom is 0.315 e. The molecular formula is C12H24N2O2. The van der Waals surface area contributed by atoms with Crippen LogP contribution in [-0.2, 0) is 4.74 Å². The Kier molecular flexibility index (Phi) is 5.06. The highest BCUT2D eigenvalue weighted by molar-refractivity contribution is 5.74. The Hall–Kier alpha value is -0.770. The third-order valence-corrected chi connectivity index (χ3v) is 3.38. The Balaban J connectivity index is 2.26. The molecule has 1 saturated carbocycles. The third kappa shape index (κ3) is 4.39. The van der Waals surface area contributed by atoms with Crippen molar-refractivity contribution in [2.75, 3.05) is 20.3 Å². The van der Waals surface area contributed by atoms with Crippen LogP contribution in [0.3, 0.4) is 0 Å². The molecular weight excluding hydrogens is 204 g/mol. The maximum atomic E-state index is 11.6. The molecule has 4 heteroatoms. The normalized spacial score (nSPS) is 29.8. The van der Waals surface area contributed by atoms with Crippen LogP contribution in [0.2, 0.25) is 0 Å². The minimum absolute atomic E-state index is 0.0241. The molecule has 0 saturated heterocycles. The summed E-state index contributed by atoms with van der Waals surface area (Å²) in [6.07, 6.45) is 4.56. The Bertz CT molecular complexity index is 223. The van der Waals surface area contributed by atoms with Gasteiger partial charge in [0.15, 0.2) is 0 Å². The highest BCUT2D eigenvalue weighted by atomic mass is 16.5. The summed E-state index contributed by atoms with van der Waals surface area (Å²) in [5.74, 6) is 0.798. The van der Waals surface area contributed by atoms with E-state index in [1.165, 1.54) is 12.8 Å². The monoisotopic (exact) mass is 228 g/mol. The average Bonchev–Trinajstić information content (AvgIpc) is 2.23. The van der Waals surface area contributed by atoms with Crippen LogP contribution < -0.4 is 10.6 Å². The molecule has 0 aliphatic heterocycles. The molecule has 2 N–H and O–H groups in total. The van der Waals surface area contributed by atoms with Crippen molar-refractivity contribution in [3.8, 4) is 0 Å². The number of amides is 2. The van der Waals surface area contributed by atoms with Crippen LogP contribution in [0.5, 0.6) is 0 Å². The zero-order valence-corrected chi connectivity index (χ0v) is 10.6. The smallest absolute Gasteiger partial charge is 0.315 e. The molecule has 1 aliphatic rings. The minimum Gasteiger partial charge on any atom is -0.383 e. The SMILES string of the molecule is COCCNC(=O)NC1(C)CCC(C)CC1. The zero-order valence-electron chi connectivity index (χ0n) is 10.6. The van der Waals surface area contributed by atoms with Crippen molar-refractivity contribution in [3.63, 3.8) is 0 Å². The van der Waals surface area contributed by atoms with Gasteiger partial charge >= 0.3 is 6.03 Å². The van der Waals surface area contributed by atoms with Crippen LogP contribution >= 0.6 is 0 Å². The first-order valence-electron chi connectivity index (χ1n) is 6.11. The fraction of sp³-hybridized carbons (Fsp3) is 0.917. The van der Waals surface area contributed by atoms with Gasteiger partial charge in [-0.15, -0.1) is 0 Å². The Morgan fingerprint density at radius 2 is 2.06 bits per heavy atom. The number of carbonyl (C=O) groups excluding carboxylic acids is 1. The Morgan fingerprint density at radius 1 is 1.44 bits per heavy atom. The van der Waals surface area contributed by atoms with Crippen molar-refractivity contribution in [3.05, 3.63) is 0 Å². The van der Waals surface area contributed by atoms with Gasteiger partial charge in [0, 0.05) is 19.2 Å². The van der Waals surface area contributed by atoms with Crippen molar-refractivity contribution in [1.82, 2.24) is 10.6 Å². The number of carbonyl (C=O) groups is 1. The summed E-state index contributed by atoms with van der Waals surface area (Å²) in [7, 11) is 1.63.